The Bertz CT molecular complexity index is 550. The van der Waals surface area contributed by atoms with Crippen molar-refractivity contribution in [3.63, 3.8) is 0 Å². The molecule has 0 atom stereocenters. The van der Waals surface area contributed by atoms with Gasteiger partial charge in [-0.05, 0) is 30.7 Å². The first-order valence-corrected chi connectivity index (χ1v) is 6.01. The molecule has 0 aliphatic heterocycles. The van der Waals surface area contributed by atoms with Gasteiger partial charge in [0.2, 0.25) is 0 Å². The van der Waals surface area contributed by atoms with Gasteiger partial charge in [0.1, 0.15) is 0 Å². The van der Waals surface area contributed by atoms with E-state index in [1.54, 1.807) is 0 Å². The smallest absolute Gasteiger partial charge is 0.0583 e. The number of hydrogen-bond acceptors (Lipinski definition) is 2. The minimum Gasteiger partial charge on any atom is -0.301 e. The largest absolute Gasteiger partial charge is 0.301 e. The first-order chi connectivity index (χ1) is 8.86. The van der Waals surface area contributed by atoms with Crippen LogP contribution < -0.4 is 5.32 Å². The average molecular weight is 236 g/mol. The Kier molecular flexibility index (Phi) is 4.52. The SMILES string of the molecule is Cc1cccnc1CNCC#Cc1ccccc1. The van der Waals surface area contributed by atoms with Gasteiger partial charge in [-0.2, -0.15) is 0 Å². The fourth-order valence-electron chi connectivity index (χ4n) is 1.61. The van der Waals surface area contributed by atoms with Crippen molar-refractivity contribution in [1.29, 1.82) is 0 Å². The summed E-state index contributed by atoms with van der Waals surface area (Å²) in [6.45, 7) is 3.50. The van der Waals surface area contributed by atoms with Crippen LogP contribution in [-0.4, -0.2) is 11.5 Å². The summed E-state index contributed by atoms with van der Waals surface area (Å²) in [7, 11) is 0. The highest BCUT2D eigenvalue weighted by atomic mass is 14.9. The summed E-state index contributed by atoms with van der Waals surface area (Å²) in [5, 5.41) is 3.28. The Labute approximate surface area is 108 Å². The number of aryl methyl sites for hydroxylation is 1. The first kappa shape index (κ1) is 12.3. The Hall–Kier alpha value is -2.11. The van der Waals surface area contributed by atoms with Crippen LogP contribution in [0.5, 0.6) is 0 Å². The number of hydrogen-bond donors (Lipinski definition) is 1. The van der Waals surface area contributed by atoms with Crippen molar-refractivity contribution >= 4 is 0 Å². The lowest BCUT2D eigenvalue weighted by molar-refractivity contribution is 0.744. The molecule has 0 aliphatic carbocycles. The van der Waals surface area contributed by atoms with Gasteiger partial charge in [-0.15, -0.1) is 0 Å². The van der Waals surface area contributed by atoms with E-state index in [0.717, 1.165) is 17.8 Å². The van der Waals surface area contributed by atoms with Gasteiger partial charge in [-0.3, -0.25) is 4.98 Å². The van der Waals surface area contributed by atoms with Gasteiger partial charge in [0.25, 0.3) is 0 Å². The third kappa shape index (κ3) is 3.73. The molecular formula is C16H16N2. The van der Waals surface area contributed by atoms with Crippen molar-refractivity contribution in [3.05, 3.63) is 65.5 Å². The van der Waals surface area contributed by atoms with Crippen LogP contribution >= 0.6 is 0 Å². The van der Waals surface area contributed by atoms with Crippen molar-refractivity contribution in [2.75, 3.05) is 6.54 Å². The first-order valence-electron chi connectivity index (χ1n) is 6.01. The molecule has 0 fully saturated rings. The van der Waals surface area contributed by atoms with Crippen LogP contribution in [0, 0.1) is 18.8 Å². The van der Waals surface area contributed by atoms with Crippen LogP contribution in [-0.2, 0) is 6.54 Å². The Morgan fingerprint density at radius 1 is 1.11 bits per heavy atom. The van der Waals surface area contributed by atoms with E-state index in [-0.39, 0.29) is 0 Å². The van der Waals surface area contributed by atoms with Crippen LogP contribution in [0.3, 0.4) is 0 Å². The summed E-state index contributed by atoms with van der Waals surface area (Å²) in [4.78, 5) is 4.32. The third-order valence-electron chi connectivity index (χ3n) is 2.63. The van der Waals surface area contributed by atoms with Crippen LogP contribution in [0.2, 0.25) is 0 Å². The molecule has 90 valence electrons. The van der Waals surface area contributed by atoms with Crippen LogP contribution in [0.25, 0.3) is 0 Å². The van der Waals surface area contributed by atoms with Gasteiger partial charge in [0.05, 0.1) is 12.2 Å². The van der Waals surface area contributed by atoms with Gasteiger partial charge >= 0.3 is 0 Å². The van der Waals surface area contributed by atoms with Crippen molar-refractivity contribution in [1.82, 2.24) is 10.3 Å². The van der Waals surface area contributed by atoms with E-state index in [4.69, 9.17) is 0 Å². The standard InChI is InChI=1S/C16H16N2/c1-14-7-5-12-18-16(14)13-17-11-6-10-15-8-3-2-4-9-15/h2-5,7-9,12,17H,11,13H2,1H3. The Morgan fingerprint density at radius 3 is 2.72 bits per heavy atom. The molecule has 2 aromatic rings. The summed E-state index contributed by atoms with van der Waals surface area (Å²) in [6.07, 6.45) is 1.82. The zero-order valence-electron chi connectivity index (χ0n) is 10.5. The number of nitrogens with one attached hydrogen (secondary N) is 1. The van der Waals surface area contributed by atoms with Gasteiger partial charge in [-0.25, -0.2) is 0 Å². The zero-order valence-corrected chi connectivity index (χ0v) is 10.5. The molecule has 0 spiro atoms. The lowest BCUT2D eigenvalue weighted by Crippen LogP contribution is -2.15. The molecule has 0 aliphatic rings. The molecule has 1 N–H and O–H groups in total. The fraction of sp³-hybridized carbons (Fsp3) is 0.188. The fourth-order valence-corrected chi connectivity index (χ4v) is 1.61. The van der Waals surface area contributed by atoms with E-state index < -0.39 is 0 Å². The van der Waals surface area contributed by atoms with Crippen LogP contribution in [0.1, 0.15) is 16.8 Å². The summed E-state index contributed by atoms with van der Waals surface area (Å²) in [6, 6.07) is 14.0. The van der Waals surface area contributed by atoms with Gasteiger partial charge in [0.15, 0.2) is 0 Å². The average Bonchev–Trinajstić information content (AvgIpc) is 2.42. The molecule has 0 unspecified atom stereocenters. The molecule has 1 aromatic heterocycles. The van der Waals surface area contributed by atoms with Gasteiger partial charge < -0.3 is 5.32 Å². The highest BCUT2D eigenvalue weighted by molar-refractivity contribution is 5.33. The number of pyridine rings is 1. The molecule has 1 heterocycles. The summed E-state index contributed by atoms with van der Waals surface area (Å²) in [5.74, 6) is 6.22. The van der Waals surface area contributed by atoms with Crippen LogP contribution in [0.4, 0.5) is 0 Å². The van der Waals surface area contributed by atoms with Crippen LogP contribution in [0.15, 0.2) is 48.7 Å². The lowest BCUT2D eigenvalue weighted by Gasteiger charge is -2.03. The van der Waals surface area contributed by atoms with E-state index in [2.05, 4.69) is 35.1 Å². The summed E-state index contributed by atoms with van der Waals surface area (Å²) in [5.41, 5.74) is 3.34. The highest BCUT2D eigenvalue weighted by Crippen LogP contribution is 2.01. The second-order valence-electron chi connectivity index (χ2n) is 4.04. The molecule has 0 saturated heterocycles. The quantitative estimate of drug-likeness (QED) is 0.654. The topological polar surface area (TPSA) is 24.9 Å². The van der Waals surface area contributed by atoms with Crippen molar-refractivity contribution in [2.45, 2.75) is 13.5 Å². The number of rotatable bonds is 3. The maximum Gasteiger partial charge on any atom is 0.0583 e. The van der Waals surface area contributed by atoms with E-state index in [1.165, 1.54) is 5.56 Å². The second kappa shape index (κ2) is 6.58. The van der Waals surface area contributed by atoms with E-state index >= 15 is 0 Å². The predicted octanol–water partition coefficient (Wildman–Crippen LogP) is 2.53. The minimum absolute atomic E-state index is 0.672. The molecule has 18 heavy (non-hydrogen) atoms. The monoisotopic (exact) mass is 236 g/mol. The summed E-state index contributed by atoms with van der Waals surface area (Å²) >= 11 is 0. The molecule has 0 radical (unpaired) electrons. The molecule has 1 aromatic carbocycles. The van der Waals surface area contributed by atoms with Gasteiger partial charge in [0, 0.05) is 18.3 Å². The molecular weight excluding hydrogens is 220 g/mol. The Morgan fingerprint density at radius 2 is 1.94 bits per heavy atom. The van der Waals surface area contributed by atoms with Crippen molar-refractivity contribution in [3.8, 4) is 11.8 Å². The molecule has 0 amide bonds. The molecule has 0 bridgehead atoms. The number of aromatic nitrogens is 1. The molecule has 2 rings (SSSR count). The maximum atomic E-state index is 4.32. The highest BCUT2D eigenvalue weighted by Gasteiger charge is 1.95. The molecule has 2 nitrogen and oxygen atoms in total. The molecule has 2 heteroatoms. The van der Waals surface area contributed by atoms with Crippen molar-refractivity contribution in [2.24, 2.45) is 0 Å². The second-order valence-corrected chi connectivity index (χ2v) is 4.04. The Balaban J connectivity index is 1.81. The van der Waals surface area contributed by atoms with E-state index in [9.17, 15) is 0 Å². The van der Waals surface area contributed by atoms with Crippen molar-refractivity contribution < 1.29 is 0 Å². The lowest BCUT2D eigenvalue weighted by atomic mass is 10.2. The number of nitrogens with zero attached hydrogens (tertiary/aromatic N) is 1. The van der Waals surface area contributed by atoms with Gasteiger partial charge in [-0.1, -0.05) is 36.1 Å². The minimum atomic E-state index is 0.672. The normalized spacial score (nSPS) is 9.61. The number of benzene rings is 1. The van der Waals surface area contributed by atoms with E-state index in [1.807, 2.05) is 42.6 Å². The third-order valence-corrected chi connectivity index (χ3v) is 2.63. The van der Waals surface area contributed by atoms with E-state index in [0.29, 0.717) is 6.54 Å². The maximum absolute atomic E-state index is 4.32. The predicted molar refractivity (Wildman–Crippen MR) is 74.0 cm³/mol. The zero-order chi connectivity index (χ0) is 12.6. The summed E-state index contributed by atoms with van der Waals surface area (Å²) < 4.78 is 0. The molecule has 0 saturated carbocycles.